The van der Waals surface area contributed by atoms with Crippen molar-refractivity contribution in [2.75, 3.05) is 5.73 Å². The van der Waals surface area contributed by atoms with Gasteiger partial charge in [0.15, 0.2) is 0 Å². The fraction of sp³-hybridized carbons (Fsp3) is 0.286. The van der Waals surface area contributed by atoms with E-state index in [-0.39, 0.29) is 12.6 Å². The maximum atomic E-state index is 11.9. The van der Waals surface area contributed by atoms with Crippen LogP contribution in [0.5, 0.6) is 0 Å². The third-order valence-electron chi connectivity index (χ3n) is 2.70. The second kappa shape index (κ2) is 6.09. The van der Waals surface area contributed by atoms with E-state index in [1.54, 1.807) is 18.2 Å². The summed E-state index contributed by atoms with van der Waals surface area (Å²) in [5.41, 5.74) is 7.33. The van der Waals surface area contributed by atoms with E-state index in [0.717, 1.165) is 10.2 Å². The molecule has 0 fully saturated rings. The van der Waals surface area contributed by atoms with E-state index < -0.39 is 5.97 Å². The normalized spacial score (nSPS) is 10.8. The lowest BCUT2D eigenvalue weighted by molar-refractivity contribution is 0.0467. The van der Waals surface area contributed by atoms with E-state index in [1.807, 2.05) is 30.8 Å². The van der Waals surface area contributed by atoms with Crippen LogP contribution in [0.1, 0.15) is 35.9 Å². The Kier molecular flexibility index (Phi) is 4.44. The number of nitrogens with zero attached hydrogens (tertiary/aromatic N) is 2. The maximum absolute atomic E-state index is 11.9. The van der Waals surface area contributed by atoms with Gasteiger partial charge in [0, 0.05) is 22.4 Å². The molecule has 2 N–H and O–H groups in total. The molecule has 106 valence electrons. The number of nitrogen functional groups attached to an aromatic ring is 1. The van der Waals surface area contributed by atoms with Crippen molar-refractivity contribution in [2.24, 2.45) is 0 Å². The van der Waals surface area contributed by atoms with Gasteiger partial charge in [-0.15, -0.1) is 0 Å². The van der Waals surface area contributed by atoms with Gasteiger partial charge in [0.25, 0.3) is 0 Å². The van der Waals surface area contributed by atoms with Gasteiger partial charge in [-0.05, 0) is 38.1 Å². The molecule has 1 heterocycles. The summed E-state index contributed by atoms with van der Waals surface area (Å²) in [5, 5.41) is 4.32. The van der Waals surface area contributed by atoms with Crippen LogP contribution in [-0.2, 0) is 11.3 Å². The van der Waals surface area contributed by atoms with E-state index in [2.05, 4.69) is 21.0 Å². The predicted octanol–water partition coefficient (Wildman–Crippen LogP) is 3.17. The van der Waals surface area contributed by atoms with Crippen LogP contribution in [0.15, 0.2) is 34.9 Å². The van der Waals surface area contributed by atoms with Crippen molar-refractivity contribution < 1.29 is 9.53 Å². The number of carbonyl (C=O) groups is 1. The standard InChI is InChI=1S/C14H16BrN3O2/c1-9(2)18-4-3-13(17-18)8-20-14(19)10-5-11(15)7-12(16)6-10/h3-7,9H,8,16H2,1-2H3. The Hall–Kier alpha value is -1.82. The molecule has 1 aromatic heterocycles. The van der Waals surface area contributed by atoms with Gasteiger partial charge in [0.2, 0.25) is 0 Å². The molecule has 0 aliphatic rings. The minimum atomic E-state index is -0.419. The van der Waals surface area contributed by atoms with Crippen LogP contribution in [0, 0.1) is 0 Å². The van der Waals surface area contributed by atoms with Crippen LogP contribution in [0.4, 0.5) is 5.69 Å². The van der Waals surface area contributed by atoms with Crippen molar-refractivity contribution >= 4 is 27.6 Å². The number of aromatic nitrogens is 2. The molecule has 5 nitrogen and oxygen atoms in total. The number of benzene rings is 1. The predicted molar refractivity (Wildman–Crippen MR) is 80.3 cm³/mol. The summed E-state index contributed by atoms with van der Waals surface area (Å²) in [4.78, 5) is 11.9. The largest absolute Gasteiger partial charge is 0.456 e. The van der Waals surface area contributed by atoms with E-state index in [1.165, 1.54) is 0 Å². The molecule has 1 aromatic carbocycles. The molecule has 0 amide bonds. The van der Waals surface area contributed by atoms with Crippen molar-refractivity contribution in [3.05, 3.63) is 46.2 Å². The van der Waals surface area contributed by atoms with Gasteiger partial charge in [-0.25, -0.2) is 4.79 Å². The summed E-state index contributed by atoms with van der Waals surface area (Å²) < 4.78 is 7.79. The summed E-state index contributed by atoms with van der Waals surface area (Å²) in [7, 11) is 0. The molecule has 0 spiro atoms. The van der Waals surface area contributed by atoms with E-state index in [4.69, 9.17) is 10.5 Å². The number of hydrogen-bond donors (Lipinski definition) is 1. The molecule has 0 saturated heterocycles. The molecule has 0 atom stereocenters. The summed E-state index contributed by atoms with van der Waals surface area (Å²) in [6, 6.07) is 7.10. The van der Waals surface area contributed by atoms with Crippen LogP contribution in [0.3, 0.4) is 0 Å². The summed E-state index contributed by atoms with van der Waals surface area (Å²) >= 11 is 3.29. The van der Waals surface area contributed by atoms with Crippen molar-refractivity contribution in [2.45, 2.75) is 26.5 Å². The van der Waals surface area contributed by atoms with Gasteiger partial charge in [-0.3, -0.25) is 4.68 Å². The molecule has 6 heteroatoms. The van der Waals surface area contributed by atoms with Crippen molar-refractivity contribution in [3.8, 4) is 0 Å². The number of halogens is 1. The fourth-order valence-electron chi connectivity index (χ4n) is 1.69. The first kappa shape index (κ1) is 14.6. The lowest BCUT2D eigenvalue weighted by Gasteiger charge is -2.06. The van der Waals surface area contributed by atoms with Gasteiger partial charge in [0.1, 0.15) is 6.61 Å². The van der Waals surface area contributed by atoms with Gasteiger partial charge < -0.3 is 10.5 Å². The summed E-state index contributed by atoms with van der Waals surface area (Å²) in [5.74, 6) is -0.419. The number of anilines is 1. The Balaban J connectivity index is 2.00. The summed E-state index contributed by atoms with van der Waals surface area (Å²) in [6.45, 7) is 4.21. The molecule has 0 saturated carbocycles. The van der Waals surface area contributed by atoms with Crippen LogP contribution in [-0.4, -0.2) is 15.7 Å². The number of rotatable bonds is 4. The Morgan fingerprint density at radius 2 is 2.20 bits per heavy atom. The van der Waals surface area contributed by atoms with Crippen LogP contribution in [0.25, 0.3) is 0 Å². The SMILES string of the molecule is CC(C)n1ccc(COC(=O)c2cc(N)cc(Br)c2)n1. The Labute approximate surface area is 125 Å². The van der Waals surface area contributed by atoms with Crippen LogP contribution < -0.4 is 5.73 Å². The number of carbonyl (C=O) groups excluding carboxylic acids is 1. The molecule has 2 aromatic rings. The highest BCUT2D eigenvalue weighted by atomic mass is 79.9. The van der Waals surface area contributed by atoms with Gasteiger partial charge in [-0.1, -0.05) is 15.9 Å². The average Bonchev–Trinajstić information content (AvgIpc) is 2.83. The molecular weight excluding hydrogens is 322 g/mol. The number of nitrogens with two attached hydrogens (primary N) is 1. The van der Waals surface area contributed by atoms with Crippen LogP contribution in [0.2, 0.25) is 0 Å². The first-order valence-corrected chi connectivity index (χ1v) is 7.02. The highest BCUT2D eigenvalue weighted by molar-refractivity contribution is 9.10. The Morgan fingerprint density at radius 3 is 2.80 bits per heavy atom. The smallest absolute Gasteiger partial charge is 0.338 e. The van der Waals surface area contributed by atoms with E-state index in [9.17, 15) is 4.79 Å². The first-order chi connectivity index (χ1) is 9.45. The van der Waals surface area contributed by atoms with Gasteiger partial charge in [-0.2, -0.15) is 5.10 Å². The van der Waals surface area contributed by atoms with E-state index in [0.29, 0.717) is 11.3 Å². The third-order valence-corrected chi connectivity index (χ3v) is 3.16. The second-order valence-corrected chi connectivity index (χ2v) is 5.65. The molecule has 20 heavy (non-hydrogen) atoms. The topological polar surface area (TPSA) is 70.1 Å². The zero-order valence-electron chi connectivity index (χ0n) is 11.3. The minimum absolute atomic E-state index is 0.144. The zero-order chi connectivity index (χ0) is 14.7. The molecule has 2 rings (SSSR count). The molecule has 0 aliphatic carbocycles. The highest BCUT2D eigenvalue weighted by Crippen LogP contribution is 2.18. The van der Waals surface area contributed by atoms with Crippen molar-refractivity contribution in [1.29, 1.82) is 0 Å². The molecule has 0 bridgehead atoms. The number of ether oxygens (including phenoxy) is 1. The van der Waals surface area contributed by atoms with Gasteiger partial charge in [0.05, 0.1) is 11.3 Å². The molecule has 0 aliphatic heterocycles. The molecule has 0 radical (unpaired) electrons. The lowest BCUT2D eigenvalue weighted by Crippen LogP contribution is -2.07. The molecule has 0 unspecified atom stereocenters. The monoisotopic (exact) mass is 337 g/mol. The Morgan fingerprint density at radius 1 is 1.45 bits per heavy atom. The number of hydrogen-bond acceptors (Lipinski definition) is 4. The number of esters is 1. The fourth-order valence-corrected chi connectivity index (χ4v) is 2.21. The Bertz CT molecular complexity index is 602. The summed E-state index contributed by atoms with van der Waals surface area (Å²) in [6.07, 6.45) is 1.87. The second-order valence-electron chi connectivity index (χ2n) is 4.73. The average molecular weight is 338 g/mol. The van der Waals surface area contributed by atoms with Gasteiger partial charge >= 0.3 is 5.97 Å². The highest BCUT2D eigenvalue weighted by Gasteiger charge is 2.10. The van der Waals surface area contributed by atoms with E-state index >= 15 is 0 Å². The van der Waals surface area contributed by atoms with Crippen LogP contribution >= 0.6 is 15.9 Å². The molecular formula is C14H16BrN3O2. The quantitative estimate of drug-likeness (QED) is 0.687. The van der Waals surface area contributed by atoms with Crippen molar-refractivity contribution in [3.63, 3.8) is 0 Å². The minimum Gasteiger partial charge on any atom is -0.456 e. The first-order valence-electron chi connectivity index (χ1n) is 6.23. The lowest BCUT2D eigenvalue weighted by atomic mass is 10.2. The zero-order valence-corrected chi connectivity index (χ0v) is 12.9. The van der Waals surface area contributed by atoms with Crippen molar-refractivity contribution in [1.82, 2.24) is 9.78 Å². The third kappa shape index (κ3) is 3.60. The maximum Gasteiger partial charge on any atom is 0.338 e.